The molecule has 5 aliphatic rings. The summed E-state index contributed by atoms with van der Waals surface area (Å²) in [4.78, 5) is 22.3. The monoisotopic (exact) mass is 483 g/mol. The molecular formula is C25H35N6O4+. The van der Waals surface area contributed by atoms with Crippen molar-refractivity contribution in [3.8, 4) is 5.88 Å². The third kappa shape index (κ3) is 4.02. The van der Waals surface area contributed by atoms with Gasteiger partial charge in [-0.3, -0.25) is 15.3 Å². The van der Waals surface area contributed by atoms with Crippen LogP contribution in [0.15, 0.2) is 35.4 Å². The minimum absolute atomic E-state index is 0.197. The lowest BCUT2D eigenvalue weighted by atomic mass is 9.86. The van der Waals surface area contributed by atoms with Crippen LogP contribution in [-0.4, -0.2) is 67.7 Å². The van der Waals surface area contributed by atoms with Gasteiger partial charge in [-0.15, -0.1) is 0 Å². The highest BCUT2D eigenvalue weighted by Gasteiger charge is 2.44. The van der Waals surface area contributed by atoms with Crippen LogP contribution in [0.1, 0.15) is 44.9 Å². The second-order valence-electron chi connectivity index (χ2n) is 10.1. The van der Waals surface area contributed by atoms with Crippen molar-refractivity contribution < 1.29 is 19.0 Å². The van der Waals surface area contributed by atoms with Crippen molar-refractivity contribution in [2.75, 3.05) is 56.9 Å². The molecule has 10 heteroatoms. The number of piperidine rings is 1. The summed E-state index contributed by atoms with van der Waals surface area (Å²) in [6.45, 7) is 3.17. The van der Waals surface area contributed by atoms with Crippen molar-refractivity contribution in [3.05, 3.63) is 40.3 Å². The zero-order valence-electron chi connectivity index (χ0n) is 20.7. The first kappa shape index (κ1) is 22.6. The summed E-state index contributed by atoms with van der Waals surface area (Å²) in [5.41, 5.74) is 6.98. The molecule has 3 fully saturated rings. The first-order valence-electron chi connectivity index (χ1n) is 12.8. The van der Waals surface area contributed by atoms with Gasteiger partial charge in [0, 0.05) is 50.0 Å². The molecule has 0 amide bonds. The molecule has 0 aromatic carbocycles. The molecule has 10 nitrogen and oxygen atoms in total. The number of nitrogens with one attached hydrogen (secondary N) is 1. The Hall–Kier alpha value is -2.85. The fourth-order valence-corrected chi connectivity index (χ4v) is 6.05. The van der Waals surface area contributed by atoms with Gasteiger partial charge in [-0.1, -0.05) is 19.3 Å². The van der Waals surface area contributed by atoms with Crippen LogP contribution in [0, 0.1) is 10.8 Å². The van der Waals surface area contributed by atoms with Crippen molar-refractivity contribution in [2.45, 2.75) is 50.7 Å². The minimum Gasteiger partial charge on any atom is -0.479 e. The molecule has 1 N–H and O–H groups in total. The fourth-order valence-electron chi connectivity index (χ4n) is 6.05. The van der Waals surface area contributed by atoms with Crippen LogP contribution in [-0.2, 0) is 9.47 Å². The number of hydrazine groups is 1. The Labute approximate surface area is 206 Å². The van der Waals surface area contributed by atoms with Gasteiger partial charge in [0.1, 0.15) is 17.2 Å². The summed E-state index contributed by atoms with van der Waals surface area (Å²) in [6.07, 6.45) is 9.69. The van der Waals surface area contributed by atoms with E-state index in [2.05, 4.69) is 10.3 Å². The van der Waals surface area contributed by atoms with E-state index in [-0.39, 0.29) is 6.67 Å². The van der Waals surface area contributed by atoms with Gasteiger partial charge in [-0.05, 0) is 25.0 Å². The molecule has 0 radical (unpaired) electrons. The zero-order chi connectivity index (χ0) is 24.0. The van der Waals surface area contributed by atoms with E-state index >= 15 is 0 Å². The molecule has 6 rings (SSSR count). The Balaban J connectivity index is 1.24. The number of fused-ring (bicyclic) bond motifs is 1. The summed E-state index contributed by atoms with van der Waals surface area (Å²) in [7, 11) is 3.60. The Bertz CT molecular complexity index is 1050. The van der Waals surface area contributed by atoms with Crippen molar-refractivity contribution >= 4 is 11.5 Å². The maximum absolute atomic E-state index is 13.3. The van der Waals surface area contributed by atoms with Crippen LogP contribution in [0.2, 0.25) is 0 Å². The molecule has 5 heterocycles. The van der Waals surface area contributed by atoms with E-state index < -0.39 is 5.79 Å². The molecule has 35 heavy (non-hydrogen) atoms. The van der Waals surface area contributed by atoms with Crippen molar-refractivity contribution in [3.63, 3.8) is 0 Å². The van der Waals surface area contributed by atoms with Crippen LogP contribution in [0.5, 0.6) is 5.88 Å². The molecule has 188 valence electrons. The predicted molar refractivity (Wildman–Crippen MR) is 130 cm³/mol. The molecule has 1 aliphatic carbocycles. The zero-order valence-corrected chi connectivity index (χ0v) is 20.7. The van der Waals surface area contributed by atoms with Gasteiger partial charge in [-0.2, -0.15) is 4.98 Å². The first-order valence-corrected chi connectivity index (χ1v) is 12.8. The quantitative estimate of drug-likeness (QED) is 0.650. The Morgan fingerprint density at radius 2 is 1.89 bits per heavy atom. The van der Waals surface area contributed by atoms with E-state index in [9.17, 15) is 4.91 Å². The van der Waals surface area contributed by atoms with Crippen LogP contribution in [0.3, 0.4) is 0 Å². The smallest absolute Gasteiger partial charge is 0.305 e. The van der Waals surface area contributed by atoms with Crippen LogP contribution >= 0.6 is 0 Å². The average molecular weight is 484 g/mol. The number of nitrogens with zero attached hydrogens (tertiary/aromatic N) is 5. The largest absolute Gasteiger partial charge is 0.479 e. The lowest BCUT2D eigenvalue weighted by Gasteiger charge is -2.38. The summed E-state index contributed by atoms with van der Waals surface area (Å²) >= 11 is 0. The van der Waals surface area contributed by atoms with E-state index in [0.717, 1.165) is 72.1 Å². The second-order valence-corrected chi connectivity index (χ2v) is 10.1. The minimum atomic E-state index is -0.416. The third-order valence-corrected chi connectivity index (χ3v) is 7.96. The van der Waals surface area contributed by atoms with E-state index in [1.54, 1.807) is 7.11 Å². The molecule has 1 spiro atoms. The molecule has 1 saturated carbocycles. The standard InChI is InChI=1S/C25H35N6O4/c1-28-20-16-30(17-31(32)23(20)22(27-28)18-6-4-3-5-7-18)19-8-9-21(26-24(19)33-2)29-12-10-25(11-13-29)34-14-15-35-25/h8-9,16,18,27H,3-7,10-15,17H2,1-2H3/q+1. The lowest BCUT2D eigenvalue weighted by molar-refractivity contribution is -0.497. The number of allylic oxidation sites excluding steroid dienone is 1. The van der Waals surface area contributed by atoms with Gasteiger partial charge in [-0.25, -0.2) is 0 Å². The Morgan fingerprint density at radius 1 is 1.14 bits per heavy atom. The molecule has 1 aromatic rings. The average Bonchev–Trinajstić information content (AvgIpc) is 3.49. The topological polar surface area (TPSA) is 82.4 Å². The van der Waals surface area contributed by atoms with Crippen LogP contribution < -0.4 is 20.0 Å². The third-order valence-electron chi connectivity index (χ3n) is 7.96. The molecule has 4 aliphatic heterocycles. The highest BCUT2D eigenvalue weighted by atomic mass is 16.7. The number of ether oxygens (including phenoxy) is 3. The van der Waals surface area contributed by atoms with Crippen molar-refractivity contribution in [1.29, 1.82) is 0 Å². The summed E-state index contributed by atoms with van der Waals surface area (Å²) in [5, 5.41) is 1.96. The fraction of sp³-hybridized carbons (Fsp3) is 0.640. The second kappa shape index (κ2) is 8.98. The number of methoxy groups -OCH3 is 1. The number of hydrogen-bond donors (Lipinski definition) is 1. The Morgan fingerprint density at radius 3 is 2.60 bits per heavy atom. The van der Waals surface area contributed by atoms with E-state index in [4.69, 9.17) is 19.2 Å². The molecular weight excluding hydrogens is 448 g/mol. The molecule has 2 saturated heterocycles. The highest BCUT2D eigenvalue weighted by molar-refractivity contribution is 5.62. The maximum Gasteiger partial charge on any atom is 0.305 e. The highest BCUT2D eigenvalue weighted by Crippen LogP contribution is 2.40. The summed E-state index contributed by atoms with van der Waals surface area (Å²) in [6, 6.07) is 4.01. The van der Waals surface area contributed by atoms with E-state index in [1.807, 2.05) is 35.3 Å². The van der Waals surface area contributed by atoms with Crippen LogP contribution in [0.4, 0.5) is 11.5 Å². The van der Waals surface area contributed by atoms with Gasteiger partial charge in [0.2, 0.25) is 5.88 Å². The summed E-state index contributed by atoms with van der Waals surface area (Å²) in [5.74, 6) is 1.38. The van der Waals surface area contributed by atoms with Crippen molar-refractivity contribution in [2.24, 2.45) is 5.92 Å². The van der Waals surface area contributed by atoms with E-state index in [0.29, 0.717) is 25.0 Å². The van der Waals surface area contributed by atoms with Crippen molar-refractivity contribution in [1.82, 2.24) is 15.4 Å². The predicted octanol–water partition coefficient (Wildman–Crippen LogP) is 3.07. The van der Waals surface area contributed by atoms with Gasteiger partial charge in [0.25, 0.3) is 6.67 Å². The summed E-state index contributed by atoms with van der Waals surface area (Å²) < 4.78 is 18.5. The Kier molecular flexibility index (Phi) is 5.80. The molecule has 0 bridgehead atoms. The number of pyridine rings is 1. The number of nitroso groups, excluding NO2 is 1. The van der Waals surface area contributed by atoms with Crippen LogP contribution in [0.25, 0.3) is 0 Å². The number of aromatic nitrogens is 1. The number of anilines is 2. The number of likely N-dealkylation sites (N-methyl/N-ethyl adjacent to an activating group) is 1. The maximum atomic E-state index is 13.3. The number of hydrogen-bond acceptors (Lipinski definition) is 9. The van der Waals surface area contributed by atoms with Gasteiger partial charge >= 0.3 is 5.70 Å². The molecule has 0 unspecified atom stereocenters. The van der Waals surface area contributed by atoms with Gasteiger partial charge in [0.15, 0.2) is 11.5 Å². The first-order chi connectivity index (χ1) is 17.1. The number of rotatable bonds is 4. The van der Waals surface area contributed by atoms with Gasteiger partial charge < -0.3 is 19.1 Å². The lowest BCUT2D eigenvalue weighted by Crippen LogP contribution is -2.45. The normalized spacial score (nSPS) is 24.7. The van der Waals surface area contributed by atoms with E-state index in [1.165, 1.54) is 19.3 Å². The van der Waals surface area contributed by atoms with Gasteiger partial charge in [0.05, 0.1) is 25.1 Å². The SMILES string of the molecule is COc1nc(N2CCC3(CC2)OCCO3)ccc1N1C=C2C(=C(C3CCCCC3)NN2C)[N+](=O)C1. The molecule has 0 atom stereocenters. The molecule has 1 aromatic heterocycles.